The summed E-state index contributed by atoms with van der Waals surface area (Å²) in [7, 11) is 1.54. The quantitative estimate of drug-likeness (QED) is 0.381. The van der Waals surface area contributed by atoms with Crippen LogP contribution >= 0.6 is 15.9 Å². The average molecular weight is 510 g/mol. The molecule has 6 nitrogen and oxygen atoms in total. The Morgan fingerprint density at radius 1 is 1.03 bits per heavy atom. The number of methoxy groups -OCH3 is 1. The maximum absolute atomic E-state index is 12.4. The first-order chi connectivity index (χ1) is 16.0. The van der Waals surface area contributed by atoms with Gasteiger partial charge in [-0.3, -0.25) is 4.79 Å². The molecule has 7 heteroatoms. The highest BCUT2D eigenvalue weighted by molar-refractivity contribution is 9.10. The largest absolute Gasteiger partial charge is 0.493 e. The minimum absolute atomic E-state index is 0.197. The molecule has 0 radical (unpaired) electrons. The molecule has 3 aromatic rings. The molecule has 1 unspecified atom stereocenters. The van der Waals surface area contributed by atoms with E-state index in [0.29, 0.717) is 28.1 Å². The molecule has 33 heavy (non-hydrogen) atoms. The van der Waals surface area contributed by atoms with Gasteiger partial charge in [0.1, 0.15) is 12.6 Å². The Bertz CT molecular complexity index is 1120. The van der Waals surface area contributed by atoms with Crippen molar-refractivity contribution in [3.8, 4) is 11.5 Å². The Morgan fingerprint density at radius 3 is 2.27 bits per heavy atom. The van der Waals surface area contributed by atoms with Gasteiger partial charge in [-0.05, 0) is 50.8 Å². The summed E-state index contributed by atoms with van der Waals surface area (Å²) in [6, 6.07) is 21.4. The molecule has 1 amide bonds. The van der Waals surface area contributed by atoms with E-state index in [1.165, 1.54) is 6.08 Å². The van der Waals surface area contributed by atoms with Crippen LogP contribution in [0.1, 0.15) is 16.7 Å². The average Bonchev–Trinajstić information content (AvgIpc) is 2.82. The smallest absolute Gasteiger partial charge is 0.326 e. The molecule has 0 fully saturated rings. The highest BCUT2D eigenvalue weighted by Gasteiger charge is 2.19. The number of rotatable bonds is 10. The Hall–Kier alpha value is -3.58. The van der Waals surface area contributed by atoms with Crippen LogP contribution in [0, 0.1) is 0 Å². The number of amides is 1. The van der Waals surface area contributed by atoms with Crippen molar-refractivity contribution in [2.24, 2.45) is 0 Å². The number of hydrogen-bond donors (Lipinski definition) is 2. The minimum atomic E-state index is -1.09. The maximum atomic E-state index is 12.4. The predicted octanol–water partition coefficient (Wildman–Crippen LogP) is 4.86. The number of halogens is 1. The lowest BCUT2D eigenvalue weighted by molar-refractivity contribution is -0.141. The van der Waals surface area contributed by atoms with Gasteiger partial charge in [0.2, 0.25) is 5.91 Å². The van der Waals surface area contributed by atoms with Gasteiger partial charge in [-0.1, -0.05) is 60.7 Å². The highest BCUT2D eigenvalue weighted by Crippen LogP contribution is 2.37. The number of carboxylic acids is 1. The topological polar surface area (TPSA) is 84.9 Å². The molecular formula is C26H24BrNO5. The number of carbonyl (C=O) groups excluding carboxylic acids is 1. The molecule has 0 saturated heterocycles. The molecular weight excluding hydrogens is 486 g/mol. The molecule has 0 spiro atoms. The molecule has 0 bridgehead atoms. The molecule has 0 aliphatic heterocycles. The summed E-state index contributed by atoms with van der Waals surface area (Å²) in [5.74, 6) is -0.535. The van der Waals surface area contributed by atoms with Gasteiger partial charge < -0.3 is 19.9 Å². The first kappa shape index (κ1) is 24.1. The zero-order valence-corrected chi connectivity index (χ0v) is 19.6. The van der Waals surface area contributed by atoms with E-state index in [9.17, 15) is 14.7 Å². The zero-order chi connectivity index (χ0) is 23.6. The van der Waals surface area contributed by atoms with Gasteiger partial charge in [0, 0.05) is 12.5 Å². The van der Waals surface area contributed by atoms with Crippen molar-refractivity contribution in [1.29, 1.82) is 0 Å². The van der Waals surface area contributed by atoms with Crippen molar-refractivity contribution in [3.63, 3.8) is 0 Å². The Kier molecular flexibility index (Phi) is 8.66. The van der Waals surface area contributed by atoms with Crippen molar-refractivity contribution in [2.75, 3.05) is 7.11 Å². The van der Waals surface area contributed by atoms with Crippen LogP contribution in [0.15, 0.2) is 83.3 Å². The molecule has 0 aromatic heterocycles. The molecule has 0 aliphatic carbocycles. The Morgan fingerprint density at radius 2 is 1.67 bits per heavy atom. The second kappa shape index (κ2) is 11.9. The van der Waals surface area contributed by atoms with Gasteiger partial charge in [-0.25, -0.2) is 4.79 Å². The normalized spacial score (nSPS) is 11.7. The SMILES string of the molecule is COc1cc(/C=C/C(=O)NC(Cc2ccccc2)C(=O)O)cc(Br)c1OCc1ccccc1. The fraction of sp³-hybridized carbons (Fsp3) is 0.154. The number of carbonyl (C=O) groups is 2. The van der Waals surface area contributed by atoms with Gasteiger partial charge in [0.25, 0.3) is 0 Å². The van der Waals surface area contributed by atoms with Crippen LogP contribution in [-0.4, -0.2) is 30.1 Å². The molecule has 0 heterocycles. The van der Waals surface area contributed by atoms with Crippen LogP contribution in [-0.2, 0) is 22.6 Å². The number of ether oxygens (including phenoxy) is 2. The number of hydrogen-bond acceptors (Lipinski definition) is 4. The van der Waals surface area contributed by atoms with Crippen molar-refractivity contribution in [3.05, 3.63) is 100 Å². The third-order valence-corrected chi connectivity index (χ3v) is 5.39. The fourth-order valence-electron chi connectivity index (χ4n) is 3.15. The third kappa shape index (κ3) is 7.22. The number of benzene rings is 3. The lowest BCUT2D eigenvalue weighted by atomic mass is 10.1. The van der Waals surface area contributed by atoms with Crippen LogP contribution in [0.25, 0.3) is 6.08 Å². The van der Waals surface area contributed by atoms with Gasteiger partial charge in [0.15, 0.2) is 11.5 Å². The van der Waals surface area contributed by atoms with Crippen molar-refractivity contribution < 1.29 is 24.2 Å². The van der Waals surface area contributed by atoms with E-state index in [4.69, 9.17) is 9.47 Å². The summed E-state index contributed by atoms with van der Waals surface area (Å²) in [5, 5.41) is 12.0. The lowest BCUT2D eigenvalue weighted by Crippen LogP contribution is -2.41. The van der Waals surface area contributed by atoms with Gasteiger partial charge >= 0.3 is 5.97 Å². The Labute approximate surface area is 201 Å². The van der Waals surface area contributed by atoms with Gasteiger partial charge in [-0.15, -0.1) is 0 Å². The molecule has 1 atom stereocenters. The number of nitrogens with one attached hydrogen (secondary N) is 1. The van der Waals surface area contributed by atoms with E-state index in [1.807, 2.05) is 60.7 Å². The summed E-state index contributed by atoms with van der Waals surface area (Å²) in [6.07, 6.45) is 3.08. The van der Waals surface area contributed by atoms with E-state index < -0.39 is 17.9 Å². The Balaban J connectivity index is 1.67. The predicted molar refractivity (Wildman–Crippen MR) is 130 cm³/mol. The molecule has 170 valence electrons. The van der Waals surface area contributed by atoms with Crippen LogP contribution in [0.5, 0.6) is 11.5 Å². The van der Waals surface area contributed by atoms with Gasteiger partial charge in [-0.2, -0.15) is 0 Å². The summed E-state index contributed by atoms with van der Waals surface area (Å²) >= 11 is 3.50. The van der Waals surface area contributed by atoms with Crippen LogP contribution in [0.2, 0.25) is 0 Å². The van der Waals surface area contributed by atoms with Crippen LogP contribution < -0.4 is 14.8 Å². The summed E-state index contributed by atoms with van der Waals surface area (Å²) in [6.45, 7) is 0.380. The molecule has 2 N–H and O–H groups in total. The first-order valence-electron chi connectivity index (χ1n) is 10.3. The zero-order valence-electron chi connectivity index (χ0n) is 18.0. The molecule has 0 aliphatic rings. The van der Waals surface area contributed by atoms with E-state index >= 15 is 0 Å². The van der Waals surface area contributed by atoms with Crippen LogP contribution in [0.4, 0.5) is 0 Å². The van der Waals surface area contributed by atoms with Gasteiger partial charge in [0.05, 0.1) is 11.6 Å². The van der Waals surface area contributed by atoms with Crippen molar-refractivity contribution in [2.45, 2.75) is 19.1 Å². The highest BCUT2D eigenvalue weighted by atomic mass is 79.9. The molecule has 3 aromatic carbocycles. The number of carboxylic acid groups (broad SMARTS) is 1. The van der Waals surface area contributed by atoms with E-state index in [1.54, 1.807) is 25.3 Å². The monoisotopic (exact) mass is 509 g/mol. The standard InChI is InChI=1S/C26H24BrNO5/c1-32-23-16-20(14-21(27)25(23)33-17-19-10-6-3-7-11-19)12-13-24(29)28-22(26(30)31)15-18-8-4-2-5-9-18/h2-14,16,22H,15,17H2,1H3,(H,28,29)(H,30,31)/b13-12+. The van der Waals surface area contributed by atoms with Crippen molar-refractivity contribution in [1.82, 2.24) is 5.32 Å². The summed E-state index contributed by atoms with van der Waals surface area (Å²) in [4.78, 5) is 23.9. The second-order valence-corrected chi connectivity index (χ2v) is 8.09. The van der Waals surface area contributed by atoms with Crippen LogP contribution in [0.3, 0.4) is 0 Å². The summed E-state index contributed by atoms with van der Waals surface area (Å²) in [5.41, 5.74) is 2.54. The van der Waals surface area contributed by atoms with Crippen molar-refractivity contribution >= 4 is 33.9 Å². The fourth-order valence-corrected chi connectivity index (χ4v) is 3.72. The number of aliphatic carboxylic acids is 1. The third-order valence-electron chi connectivity index (χ3n) is 4.80. The van der Waals surface area contributed by atoms with E-state index in [-0.39, 0.29) is 6.42 Å². The first-order valence-corrected chi connectivity index (χ1v) is 11.0. The molecule has 0 saturated carbocycles. The maximum Gasteiger partial charge on any atom is 0.326 e. The molecule has 3 rings (SSSR count). The summed E-state index contributed by atoms with van der Waals surface area (Å²) < 4.78 is 12.0. The second-order valence-electron chi connectivity index (χ2n) is 7.23. The minimum Gasteiger partial charge on any atom is -0.493 e. The van der Waals surface area contributed by atoms with E-state index in [0.717, 1.165) is 11.1 Å². The lowest BCUT2D eigenvalue weighted by Gasteiger charge is -2.14. The van der Waals surface area contributed by atoms with E-state index in [2.05, 4.69) is 21.2 Å².